The minimum absolute atomic E-state index is 0.609. The number of aryl methyl sites for hydroxylation is 1. The molecule has 1 aromatic heterocycles. The van der Waals surface area contributed by atoms with Gasteiger partial charge in [-0.25, -0.2) is 0 Å². The molecule has 0 fully saturated rings. The number of hydrogen-bond donors (Lipinski definition) is 1. The van der Waals surface area contributed by atoms with E-state index in [4.69, 9.17) is 9.47 Å². The summed E-state index contributed by atoms with van der Waals surface area (Å²) >= 11 is 0. The summed E-state index contributed by atoms with van der Waals surface area (Å²) in [6.45, 7) is 4.06. The Morgan fingerprint density at radius 3 is 2.84 bits per heavy atom. The molecule has 1 aliphatic heterocycles. The van der Waals surface area contributed by atoms with Crippen LogP contribution in [0.15, 0.2) is 36.7 Å². The summed E-state index contributed by atoms with van der Waals surface area (Å²) in [5, 5.41) is 3.38. The van der Waals surface area contributed by atoms with E-state index in [1.807, 2.05) is 36.7 Å². The first-order valence-electron chi connectivity index (χ1n) is 6.36. The van der Waals surface area contributed by atoms with Crippen molar-refractivity contribution in [2.75, 3.05) is 18.5 Å². The monoisotopic (exact) mass is 256 g/mol. The molecule has 0 unspecified atom stereocenters. The molecule has 0 radical (unpaired) electrons. The summed E-state index contributed by atoms with van der Waals surface area (Å²) in [4.78, 5) is 4.14. The second kappa shape index (κ2) is 5.18. The van der Waals surface area contributed by atoms with Gasteiger partial charge in [0.15, 0.2) is 11.5 Å². The predicted octanol–water partition coefficient (Wildman–Crippen LogP) is 2.77. The van der Waals surface area contributed by atoms with E-state index in [1.54, 1.807) is 0 Å². The topological polar surface area (TPSA) is 43.4 Å². The number of hydrogen-bond acceptors (Lipinski definition) is 4. The number of nitrogens with zero attached hydrogens (tertiary/aromatic N) is 1. The summed E-state index contributed by atoms with van der Waals surface area (Å²) in [7, 11) is 0. The van der Waals surface area contributed by atoms with E-state index in [-0.39, 0.29) is 0 Å². The first-order valence-corrected chi connectivity index (χ1v) is 6.36. The molecule has 19 heavy (non-hydrogen) atoms. The van der Waals surface area contributed by atoms with Gasteiger partial charge in [0.05, 0.1) is 0 Å². The summed E-state index contributed by atoms with van der Waals surface area (Å²) < 4.78 is 11.1. The summed E-state index contributed by atoms with van der Waals surface area (Å²) in [6, 6.07) is 7.92. The van der Waals surface area contributed by atoms with E-state index in [2.05, 4.69) is 17.2 Å². The van der Waals surface area contributed by atoms with Gasteiger partial charge in [-0.1, -0.05) is 0 Å². The van der Waals surface area contributed by atoms with Crippen LogP contribution < -0.4 is 14.8 Å². The lowest BCUT2D eigenvalue weighted by Crippen LogP contribution is -2.15. The maximum atomic E-state index is 5.56. The standard InChI is InChI=1S/C15H16N2O2/c1-11-4-5-16-9-12(11)10-17-13-2-3-14-15(8-13)19-7-6-18-14/h2-5,8-9,17H,6-7,10H2,1H3. The Morgan fingerprint density at radius 2 is 2.00 bits per heavy atom. The van der Waals surface area contributed by atoms with Gasteiger partial charge in [0.2, 0.25) is 0 Å². The van der Waals surface area contributed by atoms with Crippen molar-refractivity contribution in [3.05, 3.63) is 47.8 Å². The lowest BCUT2D eigenvalue weighted by molar-refractivity contribution is 0.171. The third kappa shape index (κ3) is 2.62. The zero-order valence-corrected chi connectivity index (χ0v) is 10.8. The second-order valence-corrected chi connectivity index (χ2v) is 4.51. The Balaban J connectivity index is 1.72. The van der Waals surface area contributed by atoms with Crippen LogP contribution in [0, 0.1) is 6.92 Å². The van der Waals surface area contributed by atoms with Gasteiger partial charge in [-0.2, -0.15) is 0 Å². The van der Waals surface area contributed by atoms with Gasteiger partial charge in [0.1, 0.15) is 13.2 Å². The molecule has 1 aliphatic rings. The largest absolute Gasteiger partial charge is 0.486 e. The molecular weight excluding hydrogens is 240 g/mol. The quantitative estimate of drug-likeness (QED) is 0.917. The number of nitrogens with one attached hydrogen (secondary N) is 1. The smallest absolute Gasteiger partial charge is 0.163 e. The maximum absolute atomic E-state index is 5.56. The Bertz CT molecular complexity index is 584. The predicted molar refractivity (Wildman–Crippen MR) is 73.7 cm³/mol. The van der Waals surface area contributed by atoms with Crippen molar-refractivity contribution in [3.63, 3.8) is 0 Å². The Labute approximate surface area is 112 Å². The number of pyridine rings is 1. The molecule has 4 heteroatoms. The van der Waals surface area contributed by atoms with Crippen molar-refractivity contribution in [3.8, 4) is 11.5 Å². The van der Waals surface area contributed by atoms with E-state index >= 15 is 0 Å². The maximum Gasteiger partial charge on any atom is 0.163 e. The molecule has 0 aliphatic carbocycles. The molecule has 1 aromatic carbocycles. The molecule has 2 heterocycles. The van der Waals surface area contributed by atoms with Crippen LogP contribution in [0.25, 0.3) is 0 Å². The number of anilines is 1. The van der Waals surface area contributed by atoms with Gasteiger partial charge in [0, 0.05) is 30.7 Å². The van der Waals surface area contributed by atoms with Crippen LogP contribution in [-0.4, -0.2) is 18.2 Å². The fraction of sp³-hybridized carbons (Fsp3) is 0.267. The molecule has 4 nitrogen and oxygen atoms in total. The van der Waals surface area contributed by atoms with Crippen LogP contribution in [0.4, 0.5) is 5.69 Å². The number of aromatic nitrogens is 1. The highest BCUT2D eigenvalue weighted by Gasteiger charge is 2.11. The van der Waals surface area contributed by atoms with Crippen LogP contribution >= 0.6 is 0 Å². The summed E-state index contributed by atoms with van der Waals surface area (Å²) in [5.74, 6) is 1.62. The highest BCUT2D eigenvalue weighted by Crippen LogP contribution is 2.32. The summed E-state index contributed by atoms with van der Waals surface area (Å²) in [6.07, 6.45) is 3.70. The van der Waals surface area contributed by atoms with Crippen molar-refractivity contribution in [2.45, 2.75) is 13.5 Å². The molecule has 0 saturated carbocycles. The average molecular weight is 256 g/mol. The van der Waals surface area contributed by atoms with Crippen LogP contribution in [-0.2, 0) is 6.54 Å². The average Bonchev–Trinajstić information content (AvgIpc) is 2.46. The van der Waals surface area contributed by atoms with Gasteiger partial charge in [-0.15, -0.1) is 0 Å². The highest BCUT2D eigenvalue weighted by atomic mass is 16.6. The Morgan fingerprint density at radius 1 is 1.16 bits per heavy atom. The normalized spacial score (nSPS) is 13.1. The number of fused-ring (bicyclic) bond motifs is 1. The minimum atomic E-state index is 0.609. The van der Waals surface area contributed by atoms with Crippen molar-refractivity contribution in [1.29, 1.82) is 0 Å². The van der Waals surface area contributed by atoms with Gasteiger partial charge < -0.3 is 14.8 Å². The minimum Gasteiger partial charge on any atom is -0.486 e. The van der Waals surface area contributed by atoms with Crippen LogP contribution in [0.2, 0.25) is 0 Å². The number of rotatable bonds is 3. The fourth-order valence-corrected chi connectivity index (χ4v) is 2.03. The Hall–Kier alpha value is -2.23. The summed E-state index contributed by atoms with van der Waals surface area (Å²) in [5.41, 5.74) is 3.45. The molecule has 0 saturated heterocycles. The van der Waals surface area contributed by atoms with Crippen LogP contribution in [0.1, 0.15) is 11.1 Å². The van der Waals surface area contributed by atoms with Gasteiger partial charge in [-0.05, 0) is 36.2 Å². The molecule has 1 N–H and O–H groups in total. The molecular formula is C15H16N2O2. The van der Waals surface area contributed by atoms with E-state index in [0.29, 0.717) is 13.2 Å². The van der Waals surface area contributed by atoms with Crippen molar-refractivity contribution < 1.29 is 9.47 Å². The molecule has 3 rings (SSSR count). The van der Waals surface area contributed by atoms with Crippen molar-refractivity contribution in [1.82, 2.24) is 4.98 Å². The van der Waals surface area contributed by atoms with E-state index in [0.717, 1.165) is 23.7 Å². The molecule has 0 atom stereocenters. The van der Waals surface area contributed by atoms with E-state index < -0.39 is 0 Å². The van der Waals surface area contributed by atoms with E-state index in [1.165, 1.54) is 11.1 Å². The van der Waals surface area contributed by atoms with Crippen LogP contribution in [0.5, 0.6) is 11.5 Å². The zero-order chi connectivity index (χ0) is 13.1. The highest BCUT2D eigenvalue weighted by molar-refractivity contribution is 5.55. The first-order chi connectivity index (χ1) is 9.33. The van der Waals surface area contributed by atoms with Gasteiger partial charge >= 0.3 is 0 Å². The molecule has 0 amide bonds. The Kier molecular flexibility index (Phi) is 3.23. The van der Waals surface area contributed by atoms with Gasteiger partial charge in [-0.3, -0.25) is 4.98 Å². The second-order valence-electron chi connectivity index (χ2n) is 4.51. The van der Waals surface area contributed by atoms with Crippen molar-refractivity contribution >= 4 is 5.69 Å². The molecule has 2 aromatic rings. The third-order valence-electron chi connectivity index (χ3n) is 3.17. The SMILES string of the molecule is Cc1ccncc1CNc1ccc2c(c1)OCCO2. The zero-order valence-electron chi connectivity index (χ0n) is 10.8. The molecule has 0 bridgehead atoms. The third-order valence-corrected chi connectivity index (χ3v) is 3.17. The fourth-order valence-electron chi connectivity index (χ4n) is 2.03. The van der Waals surface area contributed by atoms with Crippen LogP contribution in [0.3, 0.4) is 0 Å². The molecule has 0 spiro atoms. The van der Waals surface area contributed by atoms with Gasteiger partial charge in [0.25, 0.3) is 0 Å². The lowest BCUT2D eigenvalue weighted by Gasteiger charge is -2.19. The lowest BCUT2D eigenvalue weighted by atomic mass is 10.1. The van der Waals surface area contributed by atoms with E-state index in [9.17, 15) is 0 Å². The number of benzene rings is 1. The van der Waals surface area contributed by atoms with Crippen molar-refractivity contribution in [2.24, 2.45) is 0 Å². The first kappa shape index (κ1) is 11.8. The molecule has 98 valence electrons. The number of ether oxygens (including phenoxy) is 2.